The lowest BCUT2D eigenvalue weighted by molar-refractivity contribution is 0.102. The molecule has 2 saturated heterocycles. The number of rotatable bonds is 7. The van der Waals surface area contributed by atoms with Crippen LogP contribution in [0.1, 0.15) is 42.5 Å². The predicted octanol–water partition coefficient (Wildman–Crippen LogP) is 3.39. The van der Waals surface area contributed by atoms with E-state index >= 15 is 0 Å². The average Bonchev–Trinajstić information content (AvgIpc) is 3.33. The lowest BCUT2D eigenvalue weighted by atomic mass is 10.1. The molecule has 1 unspecified atom stereocenters. The van der Waals surface area contributed by atoms with Crippen LogP contribution in [0.4, 0.5) is 11.4 Å². The van der Waals surface area contributed by atoms with Crippen molar-refractivity contribution in [3.8, 4) is 0 Å². The third-order valence-electron chi connectivity index (χ3n) is 5.78. The van der Waals surface area contributed by atoms with Gasteiger partial charge >= 0.3 is 0 Å². The number of nitrogens with zero attached hydrogens (tertiary/aromatic N) is 1. The number of anilines is 2. The van der Waals surface area contributed by atoms with Gasteiger partial charge in [0.05, 0.1) is 11.0 Å². The molecule has 2 aliphatic rings. The first-order valence-corrected chi connectivity index (χ1v) is 12.4. The first-order valence-electron chi connectivity index (χ1n) is 10.9. The van der Waals surface area contributed by atoms with Crippen molar-refractivity contribution < 1.29 is 17.9 Å². The van der Waals surface area contributed by atoms with Gasteiger partial charge in [-0.3, -0.25) is 4.79 Å². The van der Waals surface area contributed by atoms with Crippen LogP contribution in [-0.2, 0) is 14.8 Å². The number of sulfonamides is 1. The third kappa shape index (κ3) is 5.64. The standard InChI is InChI=1S/C23H29N3O4S/c27-23(25-19-9-11-20(12-10-19)26-13-2-1-3-14-26)18-6-4-8-22(16-18)31(28,29)24-17-21-7-5-15-30-21/h4,6,8-12,16,21,24H,1-3,5,7,13-15,17H2,(H,25,27). The quantitative estimate of drug-likeness (QED) is 0.685. The molecule has 2 aromatic rings. The first kappa shape index (κ1) is 21.8. The van der Waals surface area contributed by atoms with E-state index in [4.69, 9.17) is 4.74 Å². The zero-order valence-electron chi connectivity index (χ0n) is 17.5. The maximum atomic E-state index is 12.7. The minimum absolute atomic E-state index is 0.0681. The number of nitrogens with one attached hydrogen (secondary N) is 2. The molecule has 0 aromatic heterocycles. The summed E-state index contributed by atoms with van der Waals surface area (Å²) < 4.78 is 33.3. The highest BCUT2D eigenvalue weighted by molar-refractivity contribution is 7.89. The van der Waals surface area contributed by atoms with Crippen molar-refractivity contribution in [2.75, 3.05) is 36.5 Å². The second-order valence-electron chi connectivity index (χ2n) is 8.06. The topological polar surface area (TPSA) is 87.7 Å². The fourth-order valence-electron chi connectivity index (χ4n) is 4.01. The second-order valence-corrected chi connectivity index (χ2v) is 9.83. The Morgan fingerprint density at radius 2 is 1.81 bits per heavy atom. The number of ether oxygens (including phenoxy) is 1. The average molecular weight is 444 g/mol. The highest BCUT2D eigenvalue weighted by Crippen LogP contribution is 2.22. The van der Waals surface area contributed by atoms with Crippen molar-refractivity contribution in [2.24, 2.45) is 0 Å². The number of piperidine rings is 1. The molecule has 8 heteroatoms. The second kappa shape index (κ2) is 9.80. The van der Waals surface area contributed by atoms with Crippen LogP contribution in [0.25, 0.3) is 0 Å². The van der Waals surface area contributed by atoms with Crippen molar-refractivity contribution in [1.29, 1.82) is 0 Å². The van der Waals surface area contributed by atoms with Crippen LogP contribution in [-0.4, -0.2) is 46.7 Å². The van der Waals surface area contributed by atoms with E-state index in [-0.39, 0.29) is 23.5 Å². The van der Waals surface area contributed by atoms with Crippen LogP contribution in [0.15, 0.2) is 53.4 Å². The molecule has 31 heavy (non-hydrogen) atoms. The van der Waals surface area contributed by atoms with Gasteiger partial charge < -0.3 is 15.0 Å². The first-order chi connectivity index (χ1) is 15.0. The Morgan fingerprint density at radius 3 is 2.52 bits per heavy atom. The van der Waals surface area contributed by atoms with E-state index in [2.05, 4.69) is 14.9 Å². The Kier molecular flexibility index (Phi) is 6.89. The number of carbonyl (C=O) groups excluding carboxylic acids is 1. The number of hydrogen-bond donors (Lipinski definition) is 2. The van der Waals surface area contributed by atoms with Gasteiger partial charge in [-0.25, -0.2) is 13.1 Å². The minimum Gasteiger partial charge on any atom is -0.377 e. The summed E-state index contributed by atoms with van der Waals surface area (Å²) in [5, 5.41) is 2.85. The van der Waals surface area contributed by atoms with E-state index in [1.807, 2.05) is 24.3 Å². The molecule has 166 valence electrons. The van der Waals surface area contributed by atoms with Crippen LogP contribution >= 0.6 is 0 Å². The lowest BCUT2D eigenvalue weighted by Gasteiger charge is -2.28. The van der Waals surface area contributed by atoms with Crippen molar-refractivity contribution in [3.63, 3.8) is 0 Å². The largest absolute Gasteiger partial charge is 0.377 e. The molecule has 2 aromatic carbocycles. The molecule has 7 nitrogen and oxygen atoms in total. The summed E-state index contributed by atoms with van der Waals surface area (Å²) >= 11 is 0. The molecular weight excluding hydrogens is 414 g/mol. The summed E-state index contributed by atoms with van der Waals surface area (Å²) in [7, 11) is -3.71. The van der Waals surface area contributed by atoms with E-state index in [0.717, 1.165) is 31.6 Å². The number of carbonyl (C=O) groups is 1. The lowest BCUT2D eigenvalue weighted by Crippen LogP contribution is -2.32. The van der Waals surface area contributed by atoms with Crippen LogP contribution in [0.2, 0.25) is 0 Å². The number of hydrogen-bond acceptors (Lipinski definition) is 5. The van der Waals surface area contributed by atoms with Gasteiger partial charge in [0.1, 0.15) is 0 Å². The monoisotopic (exact) mass is 443 g/mol. The Bertz CT molecular complexity index is 996. The van der Waals surface area contributed by atoms with Crippen LogP contribution in [0, 0.1) is 0 Å². The normalized spacial score (nSPS) is 19.4. The third-order valence-corrected chi connectivity index (χ3v) is 7.20. The SMILES string of the molecule is O=C(Nc1ccc(N2CCCCC2)cc1)c1cccc(S(=O)(=O)NCC2CCCO2)c1. The molecule has 2 aliphatic heterocycles. The van der Waals surface area contributed by atoms with Crippen LogP contribution in [0.5, 0.6) is 0 Å². The summed E-state index contributed by atoms with van der Waals surface area (Å²) in [5.74, 6) is -0.345. The molecule has 2 heterocycles. The molecule has 0 spiro atoms. The Labute approximate surface area is 183 Å². The molecule has 1 atom stereocenters. The molecule has 2 N–H and O–H groups in total. The number of benzene rings is 2. The van der Waals surface area contributed by atoms with Crippen molar-refractivity contribution in [3.05, 3.63) is 54.1 Å². The maximum Gasteiger partial charge on any atom is 0.255 e. The van der Waals surface area contributed by atoms with E-state index in [0.29, 0.717) is 17.9 Å². The van der Waals surface area contributed by atoms with Gasteiger partial charge in [-0.15, -0.1) is 0 Å². The predicted molar refractivity (Wildman–Crippen MR) is 121 cm³/mol. The molecule has 1 amide bonds. The Balaban J connectivity index is 1.39. The van der Waals surface area contributed by atoms with Gasteiger partial charge in [0.15, 0.2) is 0 Å². The highest BCUT2D eigenvalue weighted by Gasteiger charge is 2.21. The molecule has 2 fully saturated rings. The van der Waals surface area contributed by atoms with Crippen LogP contribution < -0.4 is 14.9 Å². The maximum absolute atomic E-state index is 12.7. The smallest absolute Gasteiger partial charge is 0.255 e. The summed E-state index contributed by atoms with van der Waals surface area (Å²) in [4.78, 5) is 15.1. The van der Waals surface area contributed by atoms with Crippen LogP contribution in [0.3, 0.4) is 0 Å². The van der Waals surface area contributed by atoms with E-state index in [1.165, 1.54) is 31.4 Å². The van der Waals surface area contributed by atoms with Gasteiger partial charge in [0.25, 0.3) is 5.91 Å². The van der Waals surface area contributed by atoms with Gasteiger partial charge in [0, 0.05) is 43.2 Å². The fourth-order valence-corrected chi connectivity index (χ4v) is 5.12. The summed E-state index contributed by atoms with van der Waals surface area (Å²) in [5.41, 5.74) is 2.12. The van der Waals surface area contributed by atoms with Crippen molar-refractivity contribution in [2.45, 2.75) is 43.1 Å². The zero-order valence-corrected chi connectivity index (χ0v) is 18.4. The molecule has 0 bridgehead atoms. The fraction of sp³-hybridized carbons (Fsp3) is 0.435. The summed E-state index contributed by atoms with van der Waals surface area (Å²) in [6.45, 7) is 3.03. The van der Waals surface area contributed by atoms with Gasteiger partial charge in [-0.1, -0.05) is 6.07 Å². The van der Waals surface area contributed by atoms with E-state index < -0.39 is 10.0 Å². The van der Waals surface area contributed by atoms with Crippen molar-refractivity contribution in [1.82, 2.24) is 4.72 Å². The number of amides is 1. The summed E-state index contributed by atoms with van der Waals surface area (Å²) in [6, 6.07) is 13.9. The molecular formula is C23H29N3O4S. The highest BCUT2D eigenvalue weighted by atomic mass is 32.2. The van der Waals surface area contributed by atoms with Gasteiger partial charge in [-0.05, 0) is 74.6 Å². The Hall–Kier alpha value is -2.42. The molecule has 0 radical (unpaired) electrons. The van der Waals surface area contributed by atoms with E-state index in [9.17, 15) is 13.2 Å². The Morgan fingerprint density at radius 1 is 1.03 bits per heavy atom. The van der Waals surface area contributed by atoms with Crippen molar-refractivity contribution >= 4 is 27.3 Å². The molecule has 0 saturated carbocycles. The molecule has 4 rings (SSSR count). The van der Waals surface area contributed by atoms with Gasteiger partial charge in [0.2, 0.25) is 10.0 Å². The summed E-state index contributed by atoms with van der Waals surface area (Å²) in [6.07, 6.45) is 5.40. The van der Waals surface area contributed by atoms with E-state index in [1.54, 1.807) is 12.1 Å². The molecule has 0 aliphatic carbocycles. The van der Waals surface area contributed by atoms with Gasteiger partial charge in [-0.2, -0.15) is 0 Å². The minimum atomic E-state index is -3.71. The zero-order chi connectivity index (χ0) is 21.7.